The fourth-order valence-electron chi connectivity index (χ4n) is 4.73. The zero-order chi connectivity index (χ0) is 17.6. The van der Waals surface area contributed by atoms with Crippen molar-refractivity contribution in [2.75, 3.05) is 7.11 Å². The van der Waals surface area contributed by atoms with Crippen LogP contribution in [0.1, 0.15) is 43.0 Å². The van der Waals surface area contributed by atoms with Crippen LogP contribution in [0.2, 0.25) is 0 Å². The second kappa shape index (κ2) is 6.21. The van der Waals surface area contributed by atoms with E-state index in [1.165, 1.54) is 32.8 Å². The molecule has 0 unspecified atom stereocenters. The number of ether oxygens (including phenoxy) is 1. The summed E-state index contributed by atoms with van der Waals surface area (Å²) < 4.78 is 10.6. The highest BCUT2D eigenvalue weighted by Gasteiger charge is 2.42. The molecule has 5 nitrogen and oxygen atoms in total. The Bertz CT molecular complexity index is 872. The molecule has 4 atom stereocenters. The summed E-state index contributed by atoms with van der Waals surface area (Å²) in [4.78, 5) is 24.9. The highest BCUT2D eigenvalue weighted by atomic mass is 16.5. The Balaban J connectivity index is 1.57. The first kappa shape index (κ1) is 16.2. The summed E-state index contributed by atoms with van der Waals surface area (Å²) in [5.74, 6) is 2.20. The van der Waals surface area contributed by atoms with Gasteiger partial charge in [-0.1, -0.05) is 18.6 Å². The summed E-state index contributed by atoms with van der Waals surface area (Å²) in [7, 11) is 1.52. The van der Waals surface area contributed by atoms with E-state index in [0.29, 0.717) is 22.6 Å². The number of amides is 1. The third-order valence-electron chi connectivity index (χ3n) is 5.98. The molecule has 1 aromatic heterocycles. The average Bonchev–Trinajstić information content (AvgIpc) is 3.23. The molecule has 132 valence electrons. The predicted molar refractivity (Wildman–Crippen MR) is 94.9 cm³/mol. The van der Waals surface area contributed by atoms with Crippen LogP contribution in [-0.2, 0) is 0 Å². The topological polar surface area (TPSA) is 68.5 Å². The molecule has 0 aliphatic heterocycles. The van der Waals surface area contributed by atoms with Crippen molar-refractivity contribution in [1.29, 1.82) is 0 Å². The molecule has 2 fully saturated rings. The molecule has 1 amide bonds. The second-order valence-corrected chi connectivity index (χ2v) is 7.43. The van der Waals surface area contributed by atoms with Crippen LogP contribution in [0.25, 0.3) is 11.0 Å². The van der Waals surface area contributed by atoms with Gasteiger partial charge in [0.2, 0.25) is 0 Å². The molecule has 4 rings (SSSR count). The number of para-hydroxylation sites is 1. The second-order valence-electron chi connectivity index (χ2n) is 7.43. The number of hydrogen-bond donors (Lipinski definition) is 1. The van der Waals surface area contributed by atoms with Gasteiger partial charge >= 0.3 is 5.63 Å². The normalized spacial score (nSPS) is 25.9. The van der Waals surface area contributed by atoms with Crippen LogP contribution in [0.5, 0.6) is 5.75 Å². The number of carbonyl (C=O) groups is 1. The van der Waals surface area contributed by atoms with Crippen LogP contribution >= 0.6 is 0 Å². The van der Waals surface area contributed by atoms with Gasteiger partial charge in [-0.15, -0.1) is 0 Å². The van der Waals surface area contributed by atoms with Gasteiger partial charge in [-0.05, 0) is 56.1 Å². The average molecular weight is 341 g/mol. The first-order chi connectivity index (χ1) is 12.1. The lowest BCUT2D eigenvalue weighted by molar-refractivity contribution is 0.0911. The van der Waals surface area contributed by atoms with Gasteiger partial charge in [-0.3, -0.25) is 4.79 Å². The maximum Gasteiger partial charge on any atom is 0.349 e. The van der Waals surface area contributed by atoms with Crippen LogP contribution in [0.4, 0.5) is 0 Å². The summed E-state index contributed by atoms with van der Waals surface area (Å²) in [6, 6.07) is 7.00. The summed E-state index contributed by atoms with van der Waals surface area (Å²) in [5, 5.41) is 3.70. The lowest BCUT2D eigenvalue weighted by atomic mass is 9.84. The minimum Gasteiger partial charge on any atom is -0.493 e. The summed E-state index contributed by atoms with van der Waals surface area (Å²) >= 11 is 0. The van der Waals surface area contributed by atoms with Gasteiger partial charge in [-0.25, -0.2) is 4.79 Å². The Kier molecular flexibility index (Phi) is 4.02. The van der Waals surface area contributed by atoms with Crippen molar-refractivity contribution in [2.45, 2.75) is 38.6 Å². The quantitative estimate of drug-likeness (QED) is 0.866. The van der Waals surface area contributed by atoms with E-state index in [-0.39, 0.29) is 17.5 Å². The number of carbonyl (C=O) groups excluding carboxylic acids is 1. The van der Waals surface area contributed by atoms with E-state index in [2.05, 4.69) is 12.2 Å². The zero-order valence-corrected chi connectivity index (χ0v) is 14.6. The monoisotopic (exact) mass is 341 g/mol. The fourth-order valence-corrected chi connectivity index (χ4v) is 4.73. The molecule has 1 N–H and O–H groups in total. The van der Waals surface area contributed by atoms with E-state index < -0.39 is 5.63 Å². The van der Waals surface area contributed by atoms with E-state index in [1.54, 1.807) is 24.3 Å². The molecule has 2 aliphatic rings. The van der Waals surface area contributed by atoms with Crippen molar-refractivity contribution in [1.82, 2.24) is 5.32 Å². The summed E-state index contributed by atoms with van der Waals surface area (Å²) in [6.07, 6.45) is 5.09. The zero-order valence-electron chi connectivity index (χ0n) is 14.6. The molecule has 0 saturated heterocycles. The highest BCUT2D eigenvalue weighted by Crippen LogP contribution is 2.49. The third-order valence-corrected chi connectivity index (χ3v) is 5.98. The smallest absolute Gasteiger partial charge is 0.349 e. The van der Waals surface area contributed by atoms with Crippen molar-refractivity contribution in [3.8, 4) is 5.75 Å². The Morgan fingerprint density at radius 2 is 2.16 bits per heavy atom. The van der Waals surface area contributed by atoms with Crippen molar-refractivity contribution < 1.29 is 13.9 Å². The van der Waals surface area contributed by atoms with Crippen molar-refractivity contribution in [3.05, 3.63) is 40.2 Å². The van der Waals surface area contributed by atoms with Gasteiger partial charge in [0.1, 0.15) is 5.56 Å². The number of benzene rings is 1. The van der Waals surface area contributed by atoms with Gasteiger partial charge in [0, 0.05) is 11.4 Å². The highest BCUT2D eigenvalue weighted by molar-refractivity contribution is 5.97. The van der Waals surface area contributed by atoms with Crippen LogP contribution < -0.4 is 15.7 Å². The van der Waals surface area contributed by atoms with E-state index in [9.17, 15) is 9.59 Å². The molecule has 25 heavy (non-hydrogen) atoms. The maximum atomic E-state index is 12.6. The first-order valence-electron chi connectivity index (χ1n) is 8.98. The first-order valence-corrected chi connectivity index (χ1v) is 8.98. The lowest BCUT2D eigenvalue weighted by Gasteiger charge is -2.28. The van der Waals surface area contributed by atoms with Crippen molar-refractivity contribution >= 4 is 16.9 Å². The summed E-state index contributed by atoms with van der Waals surface area (Å²) in [5.41, 5.74) is -0.210. The van der Waals surface area contributed by atoms with Gasteiger partial charge in [0.25, 0.3) is 5.91 Å². The largest absolute Gasteiger partial charge is 0.493 e. The van der Waals surface area contributed by atoms with Crippen LogP contribution in [0, 0.1) is 17.8 Å². The fraction of sp³-hybridized carbons (Fsp3) is 0.500. The molecule has 0 radical (unpaired) electrons. The standard InChI is InChI=1S/C20H23NO4/c1-11(15-9-12-6-7-13(15)8-12)21-19(22)16-10-14-4-3-5-17(24-2)18(14)25-20(16)23/h3-5,10-13,15H,6-9H2,1-2H3,(H,21,22)/t11-,12-,13-,15+/m0/s1. The van der Waals surface area contributed by atoms with E-state index in [4.69, 9.17) is 9.15 Å². The van der Waals surface area contributed by atoms with Gasteiger partial charge in [0.15, 0.2) is 11.3 Å². The molecule has 2 aromatic rings. The van der Waals surface area contributed by atoms with Crippen molar-refractivity contribution in [2.24, 2.45) is 17.8 Å². The van der Waals surface area contributed by atoms with Crippen LogP contribution in [0.15, 0.2) is 33.5 Å². The number of nitrogens with one attached hydrogen (secondary N) is 1. The minimum absolute atomic E-state index is 0.0516. The molecule has 2 aliphatic carbocycles. The molecule has 2 saturated carbocycles. The molecule has 2 bridgehead atoms. The Morgan fingerprint density at radius 1 is 1.32 bits per heavy atom. The Hall–Kier alpha value is -2.30. The van der Waals surface area contributed by atoms with Gasteiger partial charge < -0.3 is 14.5 Å². The van der Waals surface area contributed by atoms with Gasteiger partial charge in [0.05, 0.1) is 7.11 Å². The van der Waals surface area contributed by atoms with E-state index >= 15 is 0 Å². The lowest BCUT2D eigenvalue weighted by Crippen LogP contribution is -2.41. The summed E-state index contributed by atoms with van der Waals surface area (Å²) in [6.45, 7) is 2.05. The Labute approximate surface area is 146 Å². The van der Waals surface area contributed by atoms with Crippen molar-refractivity contribution in [3.63, 3.8) is 0 Å². The Morgan fingerprint density at radius 3 is 2.84 bits per heavy atom. The van der Waals surface area contributed by atoms with Crippen LogP contribution in [0.3, 0.4) is 0 Å². The molecule has 1 heterocycles. The molecular formula is C20H23NO4. The van der Waals surface area contributed by atoms with E-state index in [1.807, 2.05) is 0 Å². The molecule has 0 spiro atoms. The number of fused-ring (bicyclic) bond motifs is 3. The molecule has 1 aromatic carbocycles. The number of hydrogen-bond acceptors (Lipinski definition) is 4. The van der Waals surface area contributed by atoms with Crippen LogP contribution in [-0.4, -0.2) is 19.1 Å². The predicted octanol–water partition coefficient (Wildman–Crippen LogP) is 3.36. The minimum atomic E-state index is -0.630. The number of methoxy groups -OCH3 is 1. The molecule has 5 heteroatoms. The third kappa shape index (κ3) is 2.81. The number of rotatable bonds is 4. The SMILES string of the molecule is COc1cccc2cc(C(=O)N[C@@H](C)[C@H]3C[C@H]4CC[C@H]3C4)c(=O)oc12. The maximum absolute atomic E-state index is 12.6. The molecular weight excluding hydrogens is 318 g/mol. The van der Waals surface area contributed by atoms with Gasteiger partial charge in [-0.2, -0.15) is 0 Å². The van der Waals surface area contributed by atoms with E-state index in [0.717, 1.165) is 11.8 Å².